The fourth-order valence-electron chi connectivity index (χ4n) is 6.51. The summed E-state index contributed by atoms with van der Waals surface area (Å²) in [6.45, 7) is 5.98. The number of ether oxygens (including phenoxy) is 3. The van der Waals surface area contributed by atoms with E-state index in [1.165, 1.54) is 21.1 Å². The minimum absolute atomic E-state index is 0. The molecule has 0 radical (unpaired) electrons. The molecule has 2 aliphatic rings. The van der Waals surface area contributed by atoms with Gasteiger partial charge in [-0.3, -0.25) is 19.2 Å². The molecule has 54 heavy (non-hydrogen) atoms. The van der Waals surface area contributed by atoms with Crippen LogP contribution in [0.5, 0.6) is 17.2 Å². The van der Waals surface area contributed by atoms with Crippen molar-refractivity contribution in [2.45, 2.75) is 39.3 Å². The molecular formula is C39H45ClN6O7S. The SMILES string of the molecule is COc1cc2nc(N3CCN(C(=O)c4ccc(OCc5ccccc5)cc4)CC3)nc(NC(=O)[C@@H]3CCCN3C(=O)C(C)CSC(C)=O)c2cc1OC.Cl. The molecule has 3 heterocycles. The Hall–Kier alpha value is -5.08. The van der Waals surface area contributed by atoms with Crippen LogP contribution in [0.4, 0.5) is 11.8 Å². The first-order chi connectivity index (χ1) is 25.6. The number of hydrogen-bond acceptors (Lipinski definition) is 11. The van der Waals surface area contributed by atoms with Crippen LogP contribution in [0.2, 0.25) is 0 Å². The van der Waals surface area contributed by atoms with Crippen molar-refractivity contribution in [3.8, 4) is 17.2 Å². The molecule has 0 spiro atoms. The van der Waals surface area contributed by atoms with Crippen LogP contribution in [0.1, 0.15) is 42.6 Å². The fraction of sp³-hybridized carbons (Fsp3) is 0.385. The predicted octanol–water partition coefficient (Wildman–Crippen LogP) is 5.46. The molecule has 2 fully saturated rings. The number of rotatable bonds is 12. The minimum Gasteiger partial charge on any atom is -0.493 e. The molecule has 3 aromatic carbocycles. The summed E-state index contributed by atoms with van der Waals surface area (Å²) in [5.74, 6) is 1.64. The highest BCUT2D eigenvalue weighted by Crippen LogP contribution is 2.36. The highest BCUT2D eigenvalue weighted by Gasteiger charge is 2.36. The quantitative estimate of drug-likeness (QED) is 0.196. The van der Waals surface area contributed by atoms with Crippen LogP contribution in [-0.4, -0.2) is 101 Å². The molecule has 0 bridgehead atoms. The van der Waals surface area contributed by atoms with Gasteiger partial charge in [0.2, 0.25) is 17.8 Å². The number of fused-ring (bicyclic) bond motifs is 1. The van der Waals surface area contributed by atoms with Crippen molar-refractivity contribution in [2.24, 2.45) is 5.92 Å². The average Bonchev–Trinajstić information content (AvgIpc) is 3.69. The van der Waals surface area contributed by atoms with Crippen molar-refractivity contribution in [3.63, 3.8) is 0 Å². The van der Waals surface area contributed by atoms with Crippen molar-refractivity contribution < 1.29 is 33.4 Å². The largest absolute Gasteiger partial charge is 0.493 e. The number of piperazine rings is 1. The maximum atomic E-state index is 13.9. The molecule has 3 amide bonds. The average molecular weight is 777 g/mol. The topological polar surface area (TPSA) is 144 Å². The van der Waals surface area contributed by atoms with E-state index < -0.39 is 12.0 Å². The van der Waals surface area contributed by atoms with Gasteiger partial charge in [-0.25, -0.2) is 4.98 Å². The Morgan fingerprint density at radius 3 is 2.26 bits per heavy atom. The van der Waals surface area contributed by atoms with Gasteiger partial charge >= 0.3 is 0 Å². The third-order valence-corrected chi connectivity index (χ3v) is 10.5. The maximum Gasteiger partial charge on any atom is 0.253 e. The summed E-state index contributed by atoms with van der Waals surface area (Å²) in [5, 5.41) is 3.49. The number of thioether (sulfide) groups is 1. The zero-order valence-electron chi connectivity index (χ0n) is 30.8. The second-order valence-electron chi connectivity index (χ2n) is 13.1. The van der Waals surface area contributed by atoms with Gasteiger partial charge in [-0.1, -0.05) is 49.0 Å². The standard InChI is InChI=1S/C39H44N6O7S.ClH/c1-25(24-53-26(2)46)37(48)45-16-8-11-32(45)36(47)41-35-30-21-33(50-3)34(51-4)22-31(30)40-39(42-35)44-19-17-43(18-20-44)38(49)28-12-14-29(15-13-28)52-23-27-9-6-5-7-10-27;/h5-7,9-10,12-15,21-22,25,32H,8,11,16-20,23-24H2,1-4H3,(H,40,41,42,47);1H/t25?,32-;/m0./s1. The lowest BCUT2D eigenvalue weighted by atomic mass is 10.1. The Bertz CT molecular complexity index is 1960. The molecular weight excluding hydrogens is 732 g/mol. The summed E-state index contributed by atoms with van der Waals surface area (Å²) >= 11 is 1.11. The summed E-state index contributed by atoms with van der Waals surface area (Å²) in [6, 6.07) is 19.9. The molecule has 0 saturated carbocycles. The number of aromatic nitrogens is 2. The number of anilines is 2. The fourth-order valence-corrected chi connectivity index (χ4v) is 7.13. The van der Waals surface area contributed by atoms with Crippen molar-refractivity contribution >= 4 is 69.7 Å². The van der Waals surface area contributed by atoms with E-state index in [0.717, 1.165) is 17.3 Å². The van der Waals surface area contributed by atoms with Gasteiger partial charge in [0.25, 0.3) is 5.91 Å². The first-order valence-corrected chi connectivity index (χ1v) is 18.6. The predicted molar refractivity (Wildman–Crippen MR) is 211 cm³/mol. The number of amides is 3. The van der Waals surface area contributed by atoms with E-state index in [1.807, 2.05) is 47.4 Å². The number of benzene rings is 3. The van der Waals surface area contributed by atoms with Gasteiger partial charge in [0, 0.05) is 68.3 Å². The van der Waals surface area contributed by atoms with E-state index in [4.69, 9.17) is 24.2 Å². The van der Waals surface area contributed by atoms with Crippen molar-refractivity contribution in [3.05, 3.63) is 77.9 Å². The van der Waals surface area contributed by atoms with Crippen molar-refractivity contribution in [1.29, 1.82) is 0 Å². The first kappa shape index (κ1) is 40.1. The smallest absolute Gasteiger partial charge is 0.253 e. The van der Waals surface area contributed by atoms with Crippen LogP contribution in [0.15, 0.2) is 66.7 Å². The van der Waals surface area contributed by atoms with Gasteiger partial charge in [0.05, 0.1) is 19.7 Å². The Morgan fingerprint density at radius 1 is 0.907 bits per heavy atom. The molecule has 0 aliphatic carbocycles. The van der Waals surface area contributed by atoms with Crippen LogP contribution in [0.3, 0.4) is 0 Å². The number of likely N-dealkylation sites (tertiary alicyclic amines) is 1. The third-order valence-electron chi connectivity index (χ3n) is 9.43. The van der Waals surface area contributed by atoms with Gasteiger partial charge in [-0.05, 0) is 48.7 Å². The summed E-state index contributed by atoms with van der Waals surface area (Å²) in [5.41, 5.74) is 2.17. The van der Waals surface area contributed by atoms with Gasteiger partial charge in [0.1, 0.15) is 24.2 Å². The summed E-state index contributed by atoms with van der Waals surface area (Å²) < 4.78 is 17.0. The Kier molecular flexibility index (Phi) is 13.6. The van der Waals surface area contributed by atoms with Crippen LogP contribution >= 0.6 is 24.2 Å². The van der Waals surface area contributed by atoms with Crippen LogP contribution in [0.25, 0.3) is 10.9 Å². The van der Waals surface area contributed by atoms with Crippen LogP contribution in [-0.2, 0) is 21.0 Å². The number of nitrogens with one attached hydrogen (secondary N) is 1. The van der Waals surface area contributed by atoms with Crippen molar-refractivity contribution in [1.82, 2.24) is 19.8 Å². The lowest BCUT2D eigenvalue weighted by molar-refractivity contribution is -0.139. The molecule has 13 nitrogen and oxygen atoms in total. The molecule has 1 aromatic heterocycles. The Balaban J connectivity index is 0.00000561. The second-order valence-corrected chi connectivity index (χ2v) is 14.3. The monoisotopic (exact) mass is 776 g/mol. The molecule has 286 valence electrons. The Morgan fingerprint density at radius 2 is 1.59 bits per heavy atom. The summed E-state index contributed by atoms with van der Waals surface area (Å²) in [6.07, 6.45) is 1.20. The van der Waals surface area contributed by atoms with Crippen molar-refractivity contribution in [2.75, 3.05) is 62.9 Å². The lowest BCUT2D eigenvalue weighted by Crippen LogP contribution is -2.49. The highest BCUT2D eigenvalue weighted by atomic mass is 35.5. The van der Waals surface area contributed by atoms with E-state index in [-0.39, 0.29) is 41.1 Å². The lowest BCUT2D eigenvalue weighted by Gasteiger charge is -2.35. The number of nitrogens with zero attached hydrogens (tertiary/aromatic N) is 5. The highest BCUT2D eigenvalue weighted by molar-refractivity contribution is 8.13. The summed E-state index contributed by atoms with van der Waals surface area (Å²) in [4.78, 5) is 67.2. The number of carbonyl (C=O) groups excluding carboxylic acids is 4. The molecule has 2 saturated heterocycles. The van der Waals surface area contributed by atoms with Gasteiger partial charge in [0.15, 0.2) is 16.6 Å². The molecule has 1 N–H and O–H groups in total. The number of methoxy groups -OCH3 is 2. The molecule has 2 atom stereocenters. The Labute approximate surface area is 325 Å². The maximum absolute atomic E-state index is 13.9. The molecule has 4 aromatic rings. The summed E-state index contributed by atoms with van der Waals surface area (Å²) in [7, 11) is 3.07. The van der Waals surface area contributed by atoms with Crippen LogP contribution in [0, 0.1) is 5.92 Å². The van der Waals surface area contributed by atoms with E-state index in [1.54, 1.807) is 41.0 Å². The minimum atomic E-state index is -0.681. The molecule has 2 aliphatic heterocycles. The number of hydrogen-bond donors (Lipinski definition) is 1. The second kappa shape index (κ2) is 18.3. The first-order valence-electron chi connectivity index (χ1n) is 17.6. The van der Waals surface area contributed by atoms with E-state index in [2.05, 4.69) is 5.32 Å². The van der Waals surface area contributed by atoms with Gasteiger partial charge < -0.3 is 34.2 Å². The zero-order valence-corrected chi connectivity index (χ0v) is 32.4. The zero-order chi connectivity index (χ0) is 37.5. The number of carbonyl (C=O) groups is 4. The molecule has 15 heteroatoms. The van der Waals surface area contributed by atoms with E-state index in [0.29, 0.717) is 97.6 Å². The van der Waals surface area contributed by atoms with Gasteiger partial charge in [-0.2, -0.15) is 4.98 Å². The van der Waals surface area contributed by atoms with E-state index >= 15 is 0 Å². The molecule has 1 unspecified atom stereocenters. The van der Waals surface area contributed by atoms with E-state index in [9.17, 15) is 19.2 Å². The third kappa shape index (κ3) is 9.34. The number of halogens is 1. The normalized spacial score (nSPS) is 16.0. The van der Waals surface area contributed by atoms with Crippen LogP contribution < -0.4 is 24.4 Å². The van der Waals surface area contributed by atoms with Gasteiger partial charge in [-0.15, -0.1) is 12.4 Å². The molecule has 6 rings (SSSR count).